The average molecular weight is 385 g/mol. The molecule has 0 amide bonds. The first-order valence-corrected chi connectivity index (χ1v) is 7.72. The second-order valence-electron chi connectivity index (χ2n) is 5.53. The number of hydrogen-bond donors (Lipinski definition) is 1. The van der Waals surface area contributed by atoms with E-state index in [1.54, 1.807) is 0 Å². The van der Waals surface area contributed by atoms with Crippen molar-refractivity contribution in [3.8, 4) is 11.5 Å². The highest BCUT2D eigenvalue weighted by Crippen LogP contribution is 2.53. The number of benzene rings is 2. The van der Waals surface area contributed by atoms with Crippen LogP contribution < -0.4 is 9.47 Å². The van der Waals surface area contributed by atoms with Crippen molar-refractivity contribution in [2.45, 2.75) is 11.8 Å². The lowest BCUT2D eigenvalue weighted by Crippen LogP contribution is -2.52. The highest BCUT2D eigenvalue weighted by Gasteiger charge is 2.65. The van der Waals surface area contributed by atoms with E-state index < -0.39 is 28.9 Å². The predicted molar refractivity (Wildman–Crippen MR) is 88.4 cm³/mol. The first-order chi connectivity index (χ1) is 12.2. The van der Waals surface area contributed by atoms with Gasteiger partial charge in [0.2, 0.25) is 0 Å². The van der Waals surface area contributed by atoms with Crippen LogP contribution in [0.1, 0.15) is 11.1 Å². The molecule has 1 atom stereocenters. The quantitative estimate of drug-likeness (QED) is 0.835. The third-order valence-electron chi connectivity index (χ3n) is 4.05. The van der Waals surface area contributed by atoms with E-state index in [-0.39, 0.29) is 22.1 Å². The van der Waals surface area contributed by atoms with Crippen molar-refractivity contribution in [1.82, 2.24) is 0 Å². The molecule has 1 heterocycles. The summed E-state index contributed by atoms with van der Waals surface area (Å²) in [6, 6.07) is 9.30. The smallest absolute Gasteiger partial charge is 0.437 e. The molecule has 3 rings (SSSR count). The average Bonchev–Trinajstić information content (AvgIpc) is 2.59. The lowest BCUT2D eigenvalue weighted by atomic mass is 9.82. The van der Waals surface area contributed by atoms with Crippen molar-refractivity contribution in [3.05, 3.63) is 64.2 Å². The number of carboxylic acid groups (broad SMARTS) is 1. The van der Waals surface area contributed by atoms with Crippen molar-refractivity contribution in [3.63, 3.8) is 0 Å². The van der Waals surface area contributed by atoms with Crippen LogP contribution in [0.2, 0.25) is 5.02 Å². The van der Waals surface area contributed by atoms with Gasteiger partial charge in [0.05, 0.1) is 12.7 Å². The summed E-state index contributed by atoms with van der Waals surface area (Å²) in [5.74, 6) is -1.65. The van der Waals surface area contributed by atoms with Crippen molar-refractivity contribution in [2.24, 2.45) is 0 Å². The lowest BCUT2D eigenvalue weighted by Gasteiger charge is -2.40. The van der Waals surface area contributed by atoms with Gasteiger partial charge in [-0.25, -0.2) is 4.79 Å². The van der Waals surface area contributed by atoms with Gasteiger partial charge in [-0.3, -0.25) is 0 Å². The standard InChI is InChI=1S/C18H12ClF3O4/c1-25-11-7-6-10-8-13(16(23)24)17(18(20,21)22,26-15(10)9-11)12-4-2-3-5-14(12)19/h2-9H,1H3,(H,23,24). The SMILES string of the molecule is COc1ccc2c(c1)OC(c1ccccc1Cl)(C(F)(F)F)C(C(=O)O)=C2. The minimum atomic E-state index is -5.09. The number of alkyl halides is 3. The summed E-state index contributed by atoms with van der Waals surface area (Å²) in [6.07, 6.45) is -4.15. The predicted octanol–water partition coefficient (Wildman–Crippen LogP) is 4.67. The first kappa shape index (κ1) is 18.1. The first-order valence-electron chi connectivity index (χ1n) is 7.35. The van der Waals surface area contributed by atoms with Crippen molar-refractivity contribution < 1.29 is 32.5 Å². The topological polar surface area (TPSA) is 55.8 Å². The van der Waals surface area contributed by atoms with Crippen molar-refractivity contribution >= 4 is 23.6 Å². The van der Waals surface area contributed by atoms with Crippen molar-refractivity contribution in [2.75, 3.05) is 7.11 Å². The maximum atomic E-state index is 14.2. The Hall–Kier alpha value is -2.67. The molecule has 0 saturated carbocycles. The van der Waals surface area contributed by atoms with Gasteiger partial charge in [0, 0.05) is 22.2 Å². The van der Waals surface area contributed by atoms with E-state index in [9.17, 15) is 23.1 Å². The number of aliphatic carboxylic acids is 1. The summed E-state index contributed by atoms with van der Waals surface area (Å²) in [7, 11) is 1.36. The molecule has 1 unspecified atom stereocenters. The molecular formula is C18H12ClF3O4. The minimum absolute atomic E-state index is 0.161. The molecule has 0 aliphatic carbocycles. The fraction of sp³-hybridized carbons (Fsp3) is 0.167. The van der Waals surface area contributed by atoms with E-state index >= 15 is 0 Å². The largest absolute Gasteiger partial charge is 0.497 e. The number of halogens is 4. The molecule has 4 nitrogen and oxygen atoms in total. The zero-order chi connectivity index (χ0) is 19.1. The van der Waals surface area contributed by atoms with Crippen LogP contribution in [0.5, 0.6) is 11.5 Å². The summed E-state index contributed by atoms with van der Waals surface area (Å²) in [5.41, 5.74) is -4.54. The van der Waals surface area contributed by atoms with Crippen LogP contribution in [-0.4, -0.2) is 24.4 Å². The molecule has 0 spiro atoms. The zero-order valence-corrected chi connectivity index (χ0v) is 14.1. The molecule has 0 bridgehead atoms. The Labute approximate surface area is 151 Å². The number of carboxylic acids is 1. The van der Waals surface area contributed by atoms with Crippen LogP contribution in [0.3, 0.4) is 0 Å². The number of hydrogen-bond acceptors (Lipinski definition) is 3. The second kappa shape index (κ2) is 6.25. The molecule has 0 radical (unpaired) electrons. The number of fused-ring (bicyclic) bond motifs is 1. The number of rotatable bonds is 3. The van der Waals surface area contributed by atoms with Crippen LogP contribution in [0.15, 0.2) is 48.0 Å². The lowest BCUT2D eigenvalue weighted by molar-refractivity contribution is -0.240. The Morgan fingerprint density at radius 1 is 1.23 bits per heavy atom. The minimum Gasteiger partial charge on any atom is -0.497 e. The van der Waals surface area contributed by atoms with E-state index in [1.807, 2.05) is 0 Å². The van der Waals surface area contributed by atoms with Gasteiger partial charge in [0.15, 0.2) is 0 Å². The Bertz CT molecular complexity index is 908. The molecule has 26 heavy (non-hydrogen) atoms. The van der Waals surface area contributed by atoms with Gasteiger partial charge in [0.25, 0.3) is 5.60 Å². The molecule has 0 aromatic heterocycles. The maximum Gasteiger partial charge on any atom is 0.437 e. The summed E-state index contributed by atoms with van der Waals surface area (Å²) >= 11 is 5.98. The van der Waals surface area contributed by atoms with Crippen molar-refractivity contribution in [1.29, 1.82) is 0 Å². The van der Waals surface area contributed by atoms with E-state index in [0.717, 1.165) is 12.1 Å². The van der Waals surface area contributed by atoms with Crippen LogP contribution in [0, 0.1) is 0 Å². The van der Waals surface area contributed by atoms with Gasteiger partial charge in [-0.1, -0.05) is 29.8 Å². The number of carbonyl (C=O) groups is 1. The molecule has 1 aliphatic rings. The second-order valence-corrected chi connectivity index (χ2v) is 5.93. The van der Waals surface area contributed by atoms with Crippen LogP contribution >= 0.6 is 11.6 Å². The molecular weight excluding hydrogens is 373 g/mol. The molecule has 0 fully saturated rings. The van der Waals surface area contributed by atoms with Gasteiger partial charge in [-0.2, -0.15) is 13.2 Å². The highest BCUT2D eigenvalue weighted by atomic mass is 35.5. The fourth-order valence-corrected chi connectivity index (χ4v) is 3.12. The number of ether oxygens (including phenoxy) is 2. The molecule has 2 aromatic carbocycles. The van der Waals surface area contributed by atoms with E-state index in [4.69, 9.17) is 21.1 Å². The Balaban J connectivity index is 2.36. The summed E-state index contributed by atoms with van der Waals surface area (Å²) in [6.45, 7) is 0. The number of methoxy groups -OCH3 is 1. The van der Waals surface area contributed by atoms with Crippen LogP contribution in [-0.2, 0) is 10.4 Å². The van der Waals surface area contributed by atoms with Crippen LogP contribution in [0.4, 0.5) is 13.2 Å². The fourth-order valence-electron chi connectivity index (χ4n) is 2.85. The summed E-state index contributed by atoms with van der Waals surface area (Å²) in [5, 5.41) is 9.24. The van der Waals surface area contributed by atoms with Gasteiger partial charge >= 0.3 is 12.1 Å². The van der Waals surface area contributed by atoms with E-state index in [0.29, 0.717) is 0 Å². The summed E-state index contributed by atoms with van der Waals surface area (Å²) < 4.78 is 53.0. The molecule has 1 N–H and O–H groups in total. The molecule has 1 aliphatic heterocycles. The Morgan fingerprint density at radius 2 is 1.92 bits per heavy atom. The van der Waals surface area contributed by atoms with Crippen LogP contribution in [0.25, 0.3) is 6.08 Å². The third-order valence-corrected chi connectivity index (χ3v) is 4.38. The molecule has 2 aromatic rings. The molecule has 136 valence electrons. The van der Waals surface area contributed by atoms with Gasteiger partial charge < -0.3 is 14.6 Å². The van der Waals surface area contributed by atoms with E-state index in [2.05, 4.69) is 0 Å². The summed E-state index contributed by atoms with van der Waals surface area (Å²) in [4.78, 5) is 11.7. The molecule has 0 saturated heterocycles. The van der Waals surface area contributed by atoms with Gasteiger partial charge in [-0.05, 0) is 24.3 Å². The maximum absolute atomic E-state index is 14.2. The Kier molecular flexibility index (Phi) is 4.36. The van der Waals surface area contributed by atoms with Gasteiger partial charge in [-0.15, -0.1) is 0 Å². The highest BCUT2D eigenvalue weighted by molar-refractivity contribution is 6.31. The normalized spacial score (nSPS) is 19.2. The third kappa shape index (κ3) is 2.68. The van der Waals surface area contributed by atoms with E-state index in [1.165, 1.54) is 43.5 Å². The Morgan fingerprint density at radius 3 is 2.50 bits per heavy atom. The molecule has 8 heteroatoms. The zero-order valence-electron chi connectivity index (χ0n) is 13.3. The van der Waals surface area contributed by atoms with Gasteiger partial charge in [0.1, 0.15) is 11.5 Å². The monoisotopic (exact) mass is 384 g/mol.